The summed E-state index contributed by atoms with van der Waals surface area (Å²) in [5, 5.41) is 28.4. The number of aliphatic hydroxyl groups is 3. The maximum atomic E-state index is 13.8. The first-order valence-electron chi connectivity index (χ1n) is 5.90. The molecule has 0 spiro atoms. The quantitative estimate of drug-likeness (QED) is 0.531. The largest absolute Gasteiger partial charge is 0.394 e. The molecule has 2 aromatic heterocycles. The van der Waals surface area contributed by atoms with Gasteiger partial charge in [-0.3, -0.25) is 4.79 Å². The lowest BCUT2D eigenvalue weighted by Gasteiger charge is -2.16. The van der Waals surface area contributed by atoms with Crippen molar-refractivity contribution in [3.63, 3.8) is 0 Å². The second kappa shape index (κ2) is 4.63. The molecule has 0 aromatic carbocycles. The fraction of sp³-hybridized carbons (Fsp3) is 0.455. The summed E-state index contributed by atoms with van der Waals surface area (Å²) < 4.78 is 20.2. The molecule has 3 heterocycles. The second-order valence-electron chi connectivity index (χ2n) is 4.54. The van der Waals surface area contributed by atoms with Gasteiger partial charge in [0.25, 0.3) is 5.56 Å². The highest BCUT2D eigenvalue weighted by atomic mass is 19.1. The number of aromatic amines is 1. The van der Waals surface area contributed by atoms with Gasteiger partial charge in [0.2, 0.25) is 0 Å². The van der Waals surface area contributed by atoms with Crippen LogP contribution < -0.4 is 5.56 Å². The summed E-state index contributed by atoms with van der Waals surface area (Å²) in [6.07, 6.45) is -2.74. The molecule has 2 aromatic rings. The molecule has 1 saturated heterocycles. The number of ether oxygens (including phenoxy) is 1. The topological polar surface area (TPSA) is 121 Å². The Morgan fingerprint density at radius 1 is 1.45 bits per heavy atom. The van der Waals surface area contributed by atoms with Crippen LogP contribution >= 0.6 is 0 Å². The lowest BCUT2D eigenvalue weighted by molar-refractivity contribution is -0.0510. The van der Waals surface area contributed by atoms with E-state index in [1.54, 1.807) is 0 Å². The van der Waals surface area contributed by atoms with Gasteiger partial charge >= 0.3 is 0 Å². The lowest BCUT2D eigenvalue weighted by Crippen LogP contribution is -2.33. The number of hydrogen-bond acceptors (Lipinski definition) is 6. The normalized spacial score (nSPS) is 30.2. The third-order valence-electron chi connectivity index (χ3n) is 3.36. The van der Waals surface area contributed by atoms with Crippen molar-refractivity contribution in [3.8, 4) is 0 Å². The SMILES string of the molecule is O=c1[nH]cnc2c1c(F)cn2C1OC(CO)C(O)C1O. The molecule has 1 aliphatic heterocycles. The first-order chi connectivity index (χ1) is 9.54. The number of nitrogens with zero attached hydrogens (tertiary/aromatic N) is 2. The monoisotopic (exact) mass is 285 g/mol. The summed E-state index contributed by atoms with van der Waals surface area (Å²) in [4.78, 5) is 17.6. The van der Waals surface area contributed by atoms with Gasteiger partial charge in [-0.25, -0.2) is 9.37 Å². The smallest absolute Gasteiger partial charge is 0.263 e. The van der Waals surface area contributed by atoms with E-state index in [0.29, 0.717) is 0 Å². The number of nitrogens with one attached hydrogen (secondary N) is 1. The molecule has 0 amide bonds. The fourth-order valence-corrected chi connectivity index (χ4v) is 2.35. The summed E-state index contributed by atoms with van der Waals surface area (Å²) in [7, 11) is 0. The second-order valence-corrected chi connectivity index (χ2v) is 4.54. The summed E-state index contributed by atoms with van der Waals surface area (Å²) in [6, 6.07) is 0. The van der Waals surface area contributed by atoms with Crippen LogP contribution in [-0.2, 0) is 4.74 Å². The number of fused-ring (bicyclic) bond motifs is 1. The van der Waals surface area contributed by atoms with E-state index in [4.69, 9.17) is 9.84 Å². The van der Waals surface area contributed by atoms with E-state index < -0.39 is 42.5 Å². The van der Waals surface area contributed by atoms with E-state index in [9.17, 15) is 19.4 Å². The van der Waals surface area contributed by atoms with Gasteiger partial charge in [-0.05, 0) is 0 Å². The number of halogens is 1. The van der Waals surface area contributed by atoms with E-state index in [-0.39, 0.29) is 11.0 Å². The molecule has 1 aliphatic rings. The zero-order valence-corrected chi connectivity index (χ0v) is 10.1. The van der Waals surface area contributed by atoms with Crippen LogP contribution in [0, 0.1) is 5.82 Å². The van der Waals surface area contributed by atoms with Crippen LogP contribution in [0.5, 0.6) is 0 Å². The predicted octanol–water partition coefficient (Wildman–Crippen LogP) is -1.52. The molecule has 3 rings (SSSR count). The highest BCUT2D eigenvalue weighted by Crippen LogP contribution is 2.31. The van der Waals surface area contributed by atoms with Gasteiger partial charge in [0.1, 0.15) is 23.7 Å². The standard InChI is InChI=1S/C11H12FN3O5/c12-4-1-15(9-6(4)10(19)14-3-13-9)11-8(18)7(17)5(2-16)20-11/h1,3,5,7-8,11,16-18H,2H2,(H,13,14,19). The van der Waals surface area contributed by atoms with Gasteiger partial charge in [0, 0.05) is 6.20 Å². The molecule has 9 heteroatoms. The van der Waals surface area contributed by atoms with Crippen molar-refractivity contribution in [3.05, 3.63) is 28.7 Å². The van der Waals surface area contributed by atoms with Crippen molar-refractivity contribution in [1.82, 2.24) is 14.5 Å². The third-order valence-corrected chi connectivity index (χ3v) is 3.36. The highest BCUT2D eigenvalue weighted by Gasteiger charge is 2.44. The Bertz CT molecular complexity index is 699. The average Bonchev–Trinajstić information content (AvgIpc) is 2.90. The molecule has 0 bridgehead atoms. The molecule has 108 valence electrons. The van der Waals surface area contributed by atoms with Crippen LogP contribution in [0.1, 0.15) is 6.23 Å². The van der Waals surface area contributed by atoms with Crippen LogP contribution in [-0.4, -0.2) is 54.8 Å². The van der Waals surface area contributed by atoms with Crippen molar-refractivity contribution in [1.29, 1.82) is 0 Å². The number of aromatic nitrogens is 3. The van der Waals surface area contributed by atoms with Crippen molar-refractivity contribution >= 4 is 11.0 Å². The maximum absolute atomic E-state index is 13.8. The van der Waals surface area contributed by atoms with Gasteiger partial charge in [0.05, 0.1) is 12.9 Å². The molecular weight excluding hydrogens is 273 g/mol. The minimum absolute atomic E-state index is 0.0129. The van der Waals surface area contributed by atoms with Crippen LogP contribution in [0.2, 0.25) is 0 Å². The van der Waals surface area contributed by atoms with E-state index in [0.717, 1.165) is 17.1 Å². The van der Waals surface area contributed by atoms with Gasteiger partial charge < -0.3 is 29.6 Å². The predicted molar refractivity (Wildman–Crippen MR) is 63.3 cm³/mol. The van der Waals surface area contributed by atoms with E-state index >= 15 is 0 Å². The van der Waals surface area contributed by atoms with Crippen LogP contribution in [0.4, 0.5) is 4.39 Å². The Balaban J connectivity index is 2.12. The van der Waals surface area contributed by atoms with Gasteiger partial charge in [-0.15, -0.1) is 0 Å². The van der Waals surface area contributed by atoms with Gasteiger partial charge in [-0.1, -0.05) is 0 Å². The average molecular weight is 285 g/mol. The zero-order chi connectivity index (χ0) is 14.4. The minimum atomic E-state index is -1.37. The van der Waals surface area contributed by atoms with E-state index in [2.05, 4.69) is 9.97 Å². The van der Waals surface area contributed by atoms with Crippen molar-refractivity contribution in [2.24, 2.45) is 0 Å². The molecule has 0 aliphatic carbocycles. The van der Waals surface area contributed by atoms with Crippen LogP contribution in [0.3, 0.4) is 0 Å². The van der Waals surface area contributed by atoms with Crippen LogP contribution in [0.25, 0.3) is 11.0 Å². The van der Waals surface area contributed by atoms with Gasteiger partial charge in [0.15, 0.2) is 17.7 Å². The Morgan fingerprint density at radius 2 is 2.20 bits per heavy atom. The Labute approximate surface area is 111 Å². The first-order valence-corrected chi connectivity index (χ1v) is 5.90. The third kappa shape index (κ3) is 1.75. The van der Waals surface area contributed by atoms with E-state index in [1.165, 1.54) is 0 Å². The first kappa shape index (κ1) is 13.2. The highest BCUT2D eigenvalue weighted by molar-refractivity contribution is 5.75. The Kier molecular flexibility index (Phi) is 3.05. The van der Waals surface area contributed by atoms with Crippen molar-refractivity contribution in [2.45, 2.75) is 24.5 Å². The number of hydrogen-bond donors (Lipinski definition) is 4. The van der Waals surface area contributed by atoms with Gasteiger partial charge in [-0.2, -0.15) is 0 Å². The fourth-order valence-electron chi connectivity index (χ4n) is 2.35. The summed E-state index contributed by atoms with van der Waals surface area (Å²) in [6.45, 7) is -0.496. The molecule has 4 unspecified atom stereocenters. The Hall–Kier alpha value is -1.81. The molecule has 0 radical (unpaired) electrons. The lowest BCUT2D eigenvalue weighted by atomic mass is 10.1. The van der Waals surface area contributed by atoms with Crippen molar-refractivity contribution in [2.75, 3.05) is 6.61 Å². The molecular formula is C11H12FN3O5. The molecule has 20 heavy (non-hydrogen) atoms. The summed E-state index contributed by atoms with van der Waals surface area (Å²) in [5.41, 5.74) is -0.668. The Morgan fingerprint density at radius 3 is 2.85 bits per heavy atom. The number of aliphatic hydroxyl groups excluding tert-OH is 3. The summed E-state index contributed by atoms with van der Waals surface area (Å²) in [5.74, 6) is -0.813. The van der Waals surface area contributed by atoms with Crippen LogP contribution in [0.15, 0.2) is 17.3 Å². The van der Waals surface area contributed by atoms with Crippen molar-refractivity contribution < 1.29 is 24.4 Å². The molecule has 4 N–H and O–H groups in total. The minimum Gasteiger partial charge on any atom is -0.394 e. The molecule has 4 atom stereocenters. The number of rotatable bonds is 2. The summed E-state index contributed by atoms with van der Waals surface area (Å²) >= 11 is 0. The maximum Gasteiger partial charge on any atom is 0.263 e. The molecule has 0 saturated carbocycles. The van der Waals surface area contributed by atoms with E-state index in [1.807, 2.05) is 0 Å². The zero-order valence-electron chi connectivity index (χ0n) is 10.1. The molecule has 1 fully saturated rings. The molecule has 8 nitrogen and oxygen atoms in total. The number of H-pyrrole nitrogens is 1.